The molecule has 3 heteroatoms. The van der Waals surface area contributed by atoms with Crippen molar-refractivity contribution in [2.45, 2.75) is 52.1 Å². The molecule has 0 bridgehead atoms. The minimum atomic E-state index is 0.206. The van der Waals surface area contributed by atoms with Crippen LogP contribution < -0.4 is 5.32 Å². The highest BCUT2D eigenvalue weighted by Gasteiger charge is 2.21. The van der Waals surface area contributed by atoms with Gasteiger partial charge in [0.15, 0.2) is 0 Å². The summed E-state index contributed by atoms with van der Waals surface area (Å²) in [6, 6.07) is 0.554. The Labute approximate surface area is 107 Å². The van der Waals surface area contributed by atoms with Gasteiger partial charge in [0.25, 0.3) is 0 Å². The molecule has 0 aromatic rings. The predicted octanol–water partition coefficient (Wildman–Crippen LogP) is 2.12. The zero-order chi connectivity index (χ0) is 12.9. The van der Waals surface area contributed by atoms with Crippen molar-refractivity contribution in [3.8, 4) is 0 Å². The van der Waals surface area contributed by atoms with Crippen molar-refractivity contribution in [2.75, 3.05) is 33.4 Å². The quantitative estimate of drug-likeness (QED) is 0.660. The van der Waals surface area contributed by atoms with Gasteiger partial charge in [0.2, 0.25) is 0 Å². The van der Waals surface area contributed by atoms with Gasteiger partial charge in [-0.3, -0.25) is 0 Å². The third-order valence-electron chi connectivity index (χ3n) is 3.32. The molecule has 0 saturated heterocycles. The van der Waals surface area contributed by atoms with Crippen LogP contribution in [0.4, 0.5) is 0 Å². The molecule has 1 N–H and O–H groups in total. The molecule has 1 atom stereocenters. The largest absolute Gasteiger partial charge is 0.380 e. The molecule has 1 aliphatic carbocycles. The van der Waals surface area contributed by atoms with E-state index in [1.54, 1.807) is 0 Å². The van der Waals surface area contributed by atoms with Gasteiger partial charge in [-0.1, -0.05) is 0 Å². The Bertz CT molecular complexity index is 209. The van der Waals surface area contributed by atoms with Gasteiger partial charge in [0.1, 0.15) is 0 Å². The van der Waals surface area contributed by atoms with E-state index in [1.807, 2.05) is 0 Å². The van der Waals surface area contributed by atoms with Crippen LogP contribution in [0.25, 0.3) is 0 Å². The SMILES string of the molecule is CC(CNC(C)(C)C)N(C)CCOCC1CC1. The van der Waals surface area contributed by atoms with E-state index < -0.39 is 0 Å². The van der Waals surface area contributed by atoms with Gasteiger partial charge in [-0.05, 0) is 53.5 Å². The second-order valence-corrected chi connectivity index (χ2v) is 6.48. The molecule has 0 aromatic carbocycles. The molecule has 102 valence electrons. The minimum absolute atomic E-state index is 0.206. The second kappa shape index (κ2) is 6.72. The van der Waals surface area contributed by atoms with Gasteiger partial charge < -0.3 is 15.0 Å². The molecule has 1 aliphatic rings. The number of nitrogens with zero attached hydrogens (tertiary/aromatic N) is 1. The highest BCUT2D eigenvalue weighted by atomic mass is 16.5. The predicted molar refractivity (Wildman–Crippen MR) is 73.4 cm³/mol. The summed E-state index contributed by atoms with van der Waals surface area (Å²) in [5.74, 6) is 0.875. The molecule has 0 spiro atoms. The molecule has 1 fully saturated rings. The lowest BCUT2D eigenvalue weighted by Crippen LogP contribution is -2.45. The molecule has 3 nitrogen and oxygen atoms in total. The fourth-order valence-corrected chi connectivity index (χ4v) is 1.57. The first-order valence-electron chi connectivity index (χ1n) is 6.91. The van der Waals surface area contributed by atoms with Gasteiger partial charge in [0, 0.05) is 31.3 Å². The topological polar surface area (TPSA) is 24.5 Å². The summed E-state index contributed by atoms with van der Waals surface area (Å²) < 4.78 is 5.66. The van der Waals surface area contributed by atoms with Crippen LogP contribution in [0.2, 0.25) is 0 Å². The Kier molecular flexibility index (Phi) is 5.90. The average molecular weight is 242 g/mol. The summed E-state index contributed by atoms with van der Waals surface area (Å²) in [5.41, 5.74) is 0.206. The molecule has 1 rings (SSSR count). The van der Waals surface area contributed by atoms with Gasteiger partial charge >= 0.3 is 0 Å². The number of ether oxygens (including phenoxy) is 1. The summed E-state index contributed by atoms with van der Waals surface area (Å²) in [6.45, 7) is 12.8. The van der Waals surface area contributed by atoms with Crippen molar-refractivity contribution >= 4 is 0 Å². The van der Waals surface area contributed by atoms with Crippen LogP contribution in [0.1, 0.15) is 40.5 Å². The van der Waals surface area contributed by atoms with E-state index in [9.17, 15) is 0 Å². The third kappa shape index (κ3) is 7.74. The van der Waals surface area contributed by atoms with Crippen molar-refractivity contribution in [1.82, 2.24) is 10.2 Å². The number of rotatable bonds is 8. The normalized spacial score (nSPS) is 18.7. The molecule has 17 heavy (non-hydrogen) atoms. The van der Waals surface area contributed by atoms with Crippen molar-refractivity contribution in [1.29, 1.82) is 0 Å². The Morgan fingerprint density at radius 2 is 2.00 bits per heavy atom. The Morgan fingerprint density at radius 1 is 1.35 bits per heavy atom. The highest BCUT2D eigenvalue weighted by molar-refractivity contribution is 4.75. The molecule has 0 radical (unpaired) electrons. The van der Waals surface area contributed by atoms with Crippen LogP contribution in [0.3, 0.4) is 0 Å². The van der Waals surface area contributed by atoms with Gasteiger partial charge in [-0.15, -0.1) is 0 Å². The lowest BCUT2D eigenvalue weighted by atomic mass is 10.1. The fourth-order valence-electron chi connectivity index (χ4n) is 1.57. The number of nitrogens with one attached hydrogen (secondary N) is 1. The lowest BCUT2D eigenvalue weighted by Gasteiger charge is -2.29. The van der Waals surface area contributed by atoms with Crippen LogP contribution in [-0.4, -0.2) is 49.8 Å². The maximum atomic E-state index is 5.66. The van der Waals surface area contributed by atoms with Crippen LogP contribution in [0, 0.1) is 5.92 Å². The summed E-state index contributed by atoms with van der Waals surface area (Å²) in [7, 11) is 2.18. The number of likely N-dealkylation sites (N-methyl/N-ethyl adjacent to an activating group) is 1. The molecule has 1 saturated carbocycles. The zero-order valence-corrected chi connectivity index (χ0v) is 12.3. The zero-order valence-electron chi connectivity index (χ0n) is 12.3. The molecule has 0 aromatic heterocycles. The van der Waals surface area contributed by atoms with Gasteiger partial charge in [-0.2, -0.15) is 0 Å². The van der Waals surface area contributed by atoms with Crippen LogP contribution in [-0.2, 0) is 4.74 Å². The Morgan fingerprint density at radius 3 is 2.53 bits per heavy atom. The van der Waals surface area contributed by atoms with Crippen LogP contribution in [0.5, 0.6) is 0 Å². The number of hydrogen-bond donors (Lipinski definition) is 1. The van der Waals surface area contributed by atoms with Crippen LogP contribution >= 0.6 is 0 Å². The molecule has 0 aliphatic heterocycles. The lowest BCUT2D eigenvalue weighted by molar-refractivity contribution is 0.0925. The monoisotopic (exact) mass is 242 g/mol. The fraction of sp³-hybridized carbons (Fsp3) is 1.00. The van der Waals surface area contributed by atoms with Crippen molar-refractivity contribution < 1.29 is 4.74 Å². The summed E-state index contributed by atoms with van der Waals surface area (Å²) in [6.07, 6.45) is 2.75. The average Bonchev–Trinajstić information content (AvgIpc) is 3.03. The standard InChI is InChI=1S/C14H30N2O/c1-12(10-15-14(2,3)4)16(5)8-9-17-11-13-6-7-13/h12-13,15H,6-11H2,1-5H3. The Hall–Kier alpha value is -0.120. The van der Waals surface area contributed by atoms with E-state index in [-0.39, 0.29) is 5.54 Å². The first-order chi connectivity index (χ1) is 7.88. The minimum Gasteiger partial charge on any atom is -0.380 e. The smallest absolute Gasteiger partial charge is 0.0593 e. The maximum absolute atomic E-state index is 5.66. The van der Waals surface area contributed by atoms with Gasteiger partial charge in [-0.25, -0.2) is 0 Å². The van der Waals surface area contributed by atoms with E-state index in [2.05, 4.69) is 45.0 Å². The second-order valence-electron chi connectivity index (χ2n) is 6.48. The maximum Gasteiger partial charge on any atom is 0.0593 e. The summed E-state index contributed by atoms with van der Waals surface area (Å²) >= 11 is 0. The van der Waals surface area contributed by atoms with Crippen molar-refractivity contribution in [3.63, 3.8) is 0 Å². The van der Waals surface area contributed by atoms with Gasteiger partial charge in [0.05, 0.1) is 6.61 Å². The third-order valence-corrected chi connectivity index (χ3v) is 3.32. The number of hydrogen-bond acceptors (Lipinski definition) is 3. The molecular formula is C14H30N2O. The van der Waals surface area contributed by atoms with Crippen LogP contribution in [0.15, 0.2) is 0 Å². The molecular weight excluding hydrogens is 212 g/mol. The molecule has 0 amide bonds. The first-order valence-corrected chi connectivity index (χ1v) is 6.91. The molecule has 0 heterocycles. The van der Waals surface area contributed by atoms with E-state index in [0.717, 1.165) is 32.2 Å². The van der Waals surface area contributed by atoms with E-state index in [1.165, 1.54) is 12.8 Å². The van der Waals surface area contributed by atoms with Crippen molar-refractivity contribution in [3.05, 3.63) is 0 Å². The van der Waals surface area contributed by atoms with E-state index in [4.69, 9.17) is 4.74 Å². The first kappa shape index (κ1) is 14.9. The Balaban J connectivity index is 2.01. The summed E-state index contributed by atoms with van der Waals surface area (Å²) in [5, 5.41) is 3.54. The van der Waals surface area contributed by atoms with Crippen molar-refractivity contribution in [2.24, 2.45) is 5.92 Å². The summed E-state index contributed by atoms with van der Waals surface area (Å²) in [4.78, 5) is 2.37. The molecule has 1 unspecified atom stereocenters. The van der Waals surface area contributed by atoms with E-state index >= 15 is 0 Å². The van der Waals surface area contributed by atoms with E-state index in [0.29, 0.717) is 6.04 Å². The highest BCUT2D eigenvalue weighted by Crippen LogP contribution is 2.28.